The van der Waals surface area contributed by atoms with Crippen LogP contribution in [0.15, 0.2) is 24.5 Å². The molecule has 4 heteroatoms. The first kappa shape index (κ1) is 12.3. The molecular weight excluding hydrogens is 230 g/mol. The molecule has 0 fully saturated rings. The van der Waals surface area contributed by atoms with Crippen molar-refractivity contribution in [3.05, 3.63) is 40.1 Å². The van der Waals surface area contributed by atoms with Gasteiger partial charge in [-0.3, -0.25) is 0 Å². The molecule has 3 nitrogen and oxygen atoms in total. The van der Waals surface area contributed by atoms with E-state index in [1.807, 2.05) is 6.20 Å². The second kappa shape index (κ2) is 5.47. The SMILES string of the molecule is CCn1cccc1CNC(C)c1ncc(C)s1. The van der Waals surface area contributed by atoms with E-state index < -0.39 is 0 Å². The van der Waals surface area contributed by atoms with Crippen LogP contribution in [0.5, 0.6) is 0 Å². The van der Waals surface area contributed by atoms with Crippen LogP contribution in [0.2, 0.25) is 0 Å². The molecule has 1 N–H and O–H groups in total. The fourth-order valence-electron chi connectivity index (χ4n) is 1.84. The predicted molar refractivity (Wildman–Crippen MR) is 72.2 cm³/mol. The van der Waals surface area contributed by atoms with Crippen molar-refractivity contribution < 1.29 is 0 Å². The van der Waals surface area contributed by atoms with Crippen LogP contribution in [0.25, 0.3) is 0 Å². The maximum atomic E-state index is 4.41. The molecule has 0 bridgehead atoms. The molecule has 2 aromatic rings. The molecule has 2 aromatic heterocycles. The maximum absolute atomic E-state index is 4.41. The van der Waals surface area contributed by atoms with Gasteiger partial charge in [0, 0.05) is 36.1 Å². The average Bonchev–Trinajstić information content (AvgIpc) is 2.94. The Bertz CT molecular complexity index is 472. The summed E-state index contributed by atoms with van der Waals surface area (Å²) in [6.07, 6.45) is 4.06. The third-order valence-corrected chi connectivity index (χ3v) is 3.96. The van der Waals surface area contributed by atoms with Crippen LogP contribution in [-0.2, 0) is 13.1 Å². The molecule has 0 radical (unpaired) electrons. The van der Waals surface area contributed by atoms with Gasteiger partial charge in [0.15, 0.2) is 0 Å². The number of nitrogens with one attached hydrogen (secondary N) is 1. The molecule has 2 heterocycles. The van der Waals surface area contributed by atoms with Crippen molar-refractivity contribution in [1.29, 1.82) is 0 Å². The topological polar surface area (TPSA) is 29.9 Å². The minimum absolute atomic E-state index is 0.314. The van der Waals surface area contributed by atoms with E-state index in [9.17, 15) is 0 Å². The third kappa shape index (κ3) is 2.96. The molecule has 0 saturated carbocycles. The largest absolute Gasteiger partial charge is 0.351 e. The van der Waals surface area contributed by atoms with Crippen molar-refractivity contribution in [2.75, 3.05) is 0 Å². The highest BCUT2D eigenvalue weighted by atomic mass is 32.1. The summed E-state index contributed by atoms with van der Waals surface area (Å²) in [5.41, 5.74) is 1.33. The Kier molecular flexibility index (Phi) is 3.97. The summed E-state index contributed by atoms with van der Waals surface area (Å²) in [6.45, 7) is 8.33. The highest BCUT2D eigenvalue weighted by molar-refractivity contribution is 7.11. The molecule has 17 heavy (non-hydrogen) atoms. The van der Waals surface area contributed by atoms with Gasteiger partial charge < -0.3 is 9.88 Å². The first-order valence-corrected chi connectivity index (χ1v) is 6.82. The van der Waals surface area contributed by atoms with Crippen molar-refractivity contribution in [2.45, 2.75) is 39.9 Å². The van der Waals surface area contributed by atoms with Gasteiger partial charge in [0.25, 0.3) is 0 Å². The van der Waals surface area contributed by atoms with Crippen LogP contribution >= 0.6 is 11.3 Å². The molecule has 0 aliphatic carbocycles. The molecule has 2 rings (SSSR count). The molecule has 1 unspecified atom stereocenters. The molecular formula is C13H19N3S. The van der Waals surface area contributed by atoms with Gasteiger partial charge in [-0.25, -0.2) is 4.98 Å². The second-order valence-corrected chi connectivity index (χ2v) is 5.46. The molecule has 0 aliphatic heterocycles. The van der Waals surface area contributed by atoms with E-state index in [1.165, 1.54) is 10.6 Å². The zero-order valence-electron chi connectivity index (χ0n) is 10.6. The van der Waals surface area contributed by atoms with Crippen molar-refractivity contribution in [1.82, 2.24) is 14.9 Å². The maximum Gasteiger partial charge on any atom is 0.109 e. The van der Waals surface area contributed by atoms with Crippen LogP contribution in [-0.4, -0.2) is 9.55 Å². The smallest absolute Gasteiger partial charge is 0.109 e. The molecule has 0 aromatic carbocycles. The number of hydrogen-bond donors (Lipinski definition) is 1. The highest BCUT2D eigenvalue weighted by Crippen LogP contribution is 2.19. The van der Waals surface area contributed by atoms with Gasteiger partial charge in [0.05, 0.1) is 6.04 Å². The molecule has 0 amide bonds. The lowest BCUT2D eigenvalue weighted by Gasteiger charge is -2.12. The normalized spacial score (nSPS) is 12.9. The Hall–Kier alpha value is -1.13. The minimum atomic E-state index is 0.314. The van der Waals surface area contributed by atoms with Gasteiger partial charge in [-0.2, -0.15) is 0 Å². The van der Waals surface area contributed by atoms with Crippen molar-refractivity contribution in [2.24, 2.45) is 0 Å². The number of aromatic nitrogens is 2. The summed E-state index contributed by atoms with van der Waals surface area (Å²) in [4.78, 5) is 5.68. The van der Waals surface area contributed by atoms with E-state index >= 15 is 0 Å². The summed E-state index contributed by atoms with van der Waals surface area (Å²) in [5.74, 6) is 0. The van der Waals surface area contributed by atoms with Gasteiger partial charge in [-0.05, 0) is 32.9 Å². The van der Waals surface area contributed by atoms with Gasteiger partial charge >= 0.3 is 0 Å². The third-order valence-electron chi connectivity index (χ3n) is 2.86. The molecule has 1 atom stereocenters. The summed E-state index contributed by atoms with van der Waals surface area (Å²) in [6, 6.07) is 4.57. The quantitative estimate of drug-likeness (QED) is 0.882. The van der Waals surface area contributed by atoms with Crippen molar-refractivity contribution in [3.8, 4) is 0 Å². The number of thiazole rings is 1. The van der Waals surface area contributed by atoms with Crippen LogP contribution in [0.3, 0.4) is 0 Å². The summed E-state index contributed by atoms with van der Waals surface area (Å²) in [5, 5.41) is 4.68. The lowest BCUT2D eigenvalue weighted by Crippen LogP contribution is -2.19. The van der Waals surface area contributed by atoms with Gasteiger partial charge in [0.1, 0.15) is 5.01 Å². The summed E-state index contributed by atoms with van der Waals surface area (Å²) < 4.78 is 2.26. The van der Waals surface area contributed by atoms with E-state index in [0.717, 1.165) is 18.1 Å². The van der Waals surface area contributed by atoms with Crippen molar-refractivity contribution >= 4 is 11.3 Å². The molecule has 0 saturated heterocycles. The zero-order valence-corrected chi connectivity index (χ0v) is 11.4. The standard InChI is InChI=1S/C13H19N3S/c1-4-16-7-5-6-12(16)9-14-11(3)13-15-8-10(2)17-13/h5-8,11,14H,4,9H2,1-3H3. The van der Waals surface area contributed by atoms with Gasteiger partial charge in [-0.1, -0.05) is 0 Å². The Labute approximate surface area is 107 Å². The van der Waals surface area contributed by atoms with Crippen LogP contribution in [0, 0.1) is 6.92 Å². The lowest BCUT2D eigenvalue weighted by molar-refractivity contribution is 0.547. The predicted octanol–water partition coefficient (Wildman–Crippen LogP) is 3.12. The fraction of sp³-hybridized carbons (Fsp3) is 0.462. The zero-order chi connectivity index (χ0) is 12.3. The van der Waals surface area contributed by atoms with Crippen LogP contribution in [0.4, 0.5) is 0 Å². The minimum Gasteiger partial charge on any atom is -0.351 e. The first-order chi connectivity index (χ1) is 8.20. The summed E-state index contributed by atoms with van der Waals surface area (Å²) >= 11 is 1.76. The number of nitrogens with zero attached hydrogens (tertiary/aromatic N) is 2. The Morgan fingerprint density at radius 1 is 1.53 bits per heavy atom. The Morgan fingerprint density at radius 3 is 3.00 bits per heavy atom. The second-order valence-electron chi connectivity index (χ2n) is 4.20. The average molecular weight is 249 g/mol. The number of hydrogen-bond acceptors (Lipinski definition) is 3. The Balaban J connectivity index is 1.94. The van der Waals surface area contributed by atoms with E-state index in [1.54, 1.807) is 11.3 Å². The van der Waals surface area contributed by atoms with E-state index in [4.69, 9.17) is 0 Å². The monoisotopic (exact) mass is 249 g/mol. The number of rotatable bonds is 5. The molecule has 0 aliphatic rings. The van der Waals surface area contributed by atoms with E-state index in [0.29, 0.717) is 6.04 Å². The summed E-state index contributed by atoms with van der Waals surface area (Å²) in [7, 11) is 0. The lowest BCUT2D eigenvalue weighted by atomic mass is 10.3. The van der Waals surface area contributed by atoms with Crippen molar-refractivity contribution in [3.63, 3.8) is 0 Å². The van der Waals surface area contributed by atoms with Gasteiger partial charge in [0.2, 0.25) is 0 Å². The van der Waals surface area contributed by atoms with Crippen LogP contribution < -0.4 is 5.32 Å². The Morgan fingerprint density at radius 2 is 2.35 bits per heavy atom. The van der Waals surface area contributed by atoms with E-state index in [-0.39, 0.29) is 0 Å². The number of aryl methyl sites for hydroxylation is 2. The molecule has 92 valence electrons. The van der Waals surface area contributed by atoms with Gasteiger partial charge in [-0.15, -0.1) is 11.3 Å². The van der Waals surface area contributed by atoms with E-state index in [2.05, 4.69) is 54.0 Å². The fourth-order valence-corrected chi connectivity index (χ4v) is 2.64. The highest BCUT2D eigenvalue weighted by Gasteiger charge is 2.09. The van der Waals surface area contributed by atoms with Crippen LogP contribution in [0.1, 0.15) is 35.5 Å². The molecule has 0 spiro atoms. The first-order valence-electron chi connectivity index (χ1n) is 6.00.